The maximum absolute atomic E-state index is 13.2. The number of nitrogens with one attached hydrogen (secondary N) is 1. The van der Waals surface area contributed by atoms with Crippen LogP contribution in [0.1, 0.15) is 50.1 Å². The molecule has 3 heterocycles. The zero-order chi connectivity index (χ0) is 20.4. The van der Waals surface area contributed by atoms with Crippen LogP contribution in [-0.2, 0) is 11.8 Å². The van der Waals surface area contributed by atoms with Gasteiger partial charge in [-0.15, -0.1) is 0 Å². The second kappa shape index (κ2) is 8.14. The highest BCUT2D eigenvalue weighted by atomic mass is 16.2. The Kier molecular flexibility index (Phi) is 5.42. The van der Waals surface area contributed by atoms with Crippen LogP contribution in [0.3, 0.4) is 0 Å². The molecule has 1 fully saturated rings. The Morgan fingerprint density at radius 2 is 2.00 bits per heavy atom. The molecule has 1 aliphatic carbocycles. The smallest absolute Gasteiger partial charge is 0.265 e. The van der Waals surface area contributed by atoms with Gasteiger partial charge in [0.25, 0.3) is 5.56 Å². The number of hydrogen-bond acceptors (Lipinski definition) is 5. The number of carbonyl (C=O) groups excluding carboxylic acids is 1. The minimum Gasteiger partial charge on any atom is -0.309 e. The van der Waals surface area contributed by atoms with Crippen LogP contribution in [0.15, 0.2) is 35.6 Å². The highest BCUT2D eigenvalue weighted by Crippen LogP contribution is 2.31. The Bertz CT molecular complexity index is 1060. The van der Waals surface area contributed by atoms with Crippen LogP contribution in [-0.4, -0.2) is 30.2 Å². The van der Waals surface area contributed by atoms with Crippen molar-refractivity contribution in [3.63, 3.8) is 0 Å². The van der Waals surface area contributed by atoms with Gasteiger partial charge in [0.15, 0.2) is 5.65 Å². The second-order valence-corrected chi connectivity index (χ2v) is 7.93. The Morgan fingerprint density at radius 3 is 2.72 bits per heavy atom. The Morgan fingerprint density at radius 1 is 1.21 bits per heavy atom. The van der Waals surface area contributed by atoms with Crippen LogP contribution in [0.2, 0.25) is 0 Å². The summed E-state index contributed by atoms with van der Waals surface area (Å²) in [6.07, 6.45) is 11.1. The molecule has 8 heteroatoms. The maximum Gasteiger partial charge on any atom is 0.265 e. The fraction of sp³-hybridized carbons (Fsp3) is 0.476. The predicted octanol–water partition coefficient (Wildman–Crippen LogP) is 2.98. The lowest BCUT2D eigenvalue weighted by Crippen LogP contribution is -2.35. The third-order valence-corrected chi connectivity index (χ3v) is 5.76. The van der Waals surface area contributed by atoms with Crippen LogP contribution in [0, 0.1) is 12.8 Å². The first-order chi connectivity index (χ1) is 14.0. The third-order valence-electron chi connectivity index (χ3n) is 5.76. The summed E-state index contributed by atoms with van der Waals surface area (Å²) in [5, 5.41) is 7.42. The molecule has 152 valence electrons. The van der Waals surface area contributed by atoms with E-state index in [1.165, 1.54) is 36.4 Å². The summed E-state index contributed by atoms with van der Waals surface area (Å²) in [5.41, 5.74) is 1.29. The standard InChI is InChI=1S/C21H26N6O2/c1-14-8-9-18(22-11-14)25-20(28)17(10-15-6-4-3-5-7-15)27-13-23-19-16(21(27)29)12-24-26(19)2/h8-9,11-13,15,17H,3-7,10H2,1-2H3,(H,22,25,28). The minimum absolute atomic E-state index is 0.237. The number of hydrogen-bond donors (Lipinski definition) is 1. The zero-order valence-corrected chi connectivity index (χ0v) is 16.8. The van der Waals surface area contributed by atoms with E-state index in [1.807, 2.05) is 13.0 Å². The average Bonchev–Trinajstić information content (AvgIpc) is 3.11. The molecule has 3 aromatic rings. The van der Waals surface area contributed by atoms with E-state index >= 15 is 0 Å². The van der Waals surface area contributed by atoms with Crippen LogP contribution in [0.4, 0.5) is 5.82 Å². The number of rotatable bonds is 5. The summed E-state index contributed by atoms with van der Waals surface area (Å²) < 4.78 is 3.02. The number of aromatic nitrogens is 5. The van der Waals surface area contributed by atoms with E-state index in [1.54, 1.807) is 24.0 Å². The molecule has 1 amide bonds. The third kappa shape index (κ3) is 4.06. The van der Waals surface area contributed by atoms with E-state index in [0.29, 0.717) is 29.2 Å². The van der Waals surface area contributed by atoms with Crippen molar-refractivity contribution >= 4 is 22.8 Å². The normalized spacial score (nSPS) is 16.1. The number of fused-ring (bicyclic) bond motifs is 1. The van der Waals surface area contributed by atoms with Gasteiger partial charge < -0.3 is 5.32 Å². The number of pyridine rings is 1. The molecule has 0 spiro atoms. The number of aryl methyl sites for hydroxylation is 2. The van der Waals surface area contributed by atoms with E-state index in [2.05, 4.69) is 20.4 Å². The van der Waals surface area contributed by atoms with Crippen LogP contribution in [0.25, 0.3) is 11.0 Å². The van der Waals surface area contributed by atoms with Gasteiger partial charge in [-0.25, -0.2) is 9.97 Å². The molecule has 29 heavy (non-hydrogen) atoms. The van der Waals surface area contributed by atoms with Gasteiger partial charge in [0.05, 0.1) is 6.20 Å². The highest BCUT2D eigenvalue weighted by Gasteiger charge is 2.28. The van der Waals surface area contributed by atoms with Crippen molar-refractivity contribution in [3.8, 4) is 0 Å². The summed E-state index contributed by atoms with van der Waals surface area (Å²) in [6.45, 7) is 1.94. The number of carbonyl (C=O) groups is 1. The van der Waals surface area contributed by atoms with Gasteiger partial charge in [-0.2, -0.15) is 5.10 Å². The lowest BCUT2D eigenvalue weighted by molar-refractivity contribution is -0.120. The molecule has 1 saturated carbocycles. The van der Waals surface area contributed by atoms with Gasteiger partial charge in [-0.05, 0) is 30.9 Å². The number of nitrogens with zero attached hydrogens (tertiary/aromatic N) is 5. The molecule has 0 radical (unpaired) electrons. The van der Waals surface area contributed by atoms with Gasteiger partial charge in [-0.1, -0.05) is 38.2 Å². The fourth-order valence-corrected chi connectivity index (χ4v) is 4.10. The van der Waals surface area contributed by atoms with Crippen molar-refractivity contribution < 1.29 is 4.79 Å². The predicted molar refractivity (Wildman–Crippen MR) is 111 cm³/mol. The molecule has 0 saturated heterocycles. The first kappa shape index (κ1) is 19.3. The van der Waals surface area contributed by atoms with Gasteiger partial charge in [0.1, 0.15) is 23.6 Å². The molecule has 8 nitrogen and oxygen atoms in total. The van der Waals surface area contributed by atoms with Crippen molar-refractivity contribution in [2.24, 2.45) is 13.0 Å². The Balaban J connectivity index is 1.67. The quantitative estimate of drug-likeness (QED) is 0.718. The summed E-state index contributed by atoms with van der Waals surface area (Å²) >= 11 is 0. The van der Waals surface area contributed by atoms with Gasteiger partial charge in [0, 0.05) is 13.2 Å². The van der Waals surface area contributed by atoms with Crippen LogP contribution < -0.4 is 10.9 Å². The fourth-order valence-electron chi connectivity index (χ4n) is 4.10. The largest absolute Gasteiger partial charge is 0.309 e. The molecular formula is C21H26N6O2. The molecule has 1 N–H and O–H groups in total. The molecule has 1 unspecified atom stereocenters. The first-order valence-electron chi connectivity index (χ1n) is 10.2. The van der Waals surface area contributed by atoms with Crippen molar-refractivity contribution in [1.82, 2.24) is 24.3 Å². The molecule has 1 atom stereocenters. The molecular weight excluding hydrogens is 368 g/mol. The molecule has 0 bridgehead atoms. The lowest BCUT2D eigenvalue weighted by atomic mass is 9.84. The van der Waals surface area contributed by atoms with Gasteiger partial charge in [0.2, 0.25) is 5.91 Å². The minimum atomic E-state index is -0.634. The van der Waals surface area contributed by atoms with Gasteiger partial charge in [-0.3, -0.25) is 18.8 Å². The molecule has 0 aromatic carbocycles. The highest BCUT2D eigenvalue weighted by molar-refractivity contribution is 5.93. The van der Waals surface area contributed by atoms with Crippen molar-refractivity contribution in [1.29, 1.82) is 0 Å². The molecule has 4 rings (SSSR count). The average molecular weight is 394 g/mol. The first-order valence-corrected chi connectivity index (χ1v) is 10.2. The summed E-state index contributed by atoms with van der Waals surface area (Å²) in [6, 6.07) is 3.04. The molecule has 3 aromatic heterocycles. The Labute approximate surface area is 169 Å². The summed E-state index contributed by atoms with van der Waals surface area (Å²) in [7, 11) is 1.74. The topological polar surface area (TPSA) is 94.7 Å². The van der Waals surface area contributed by atoms with E-state index in [0.717, 1.165) is 18.4 Å². The molecule has 0 aliphatic heterocycles. The van der Waals surface area contributed by atoms with E-state index in [9.17, 15) is 9.59 Å². The Hall–Kier alpha value is -3.03. The monoisotopic (exact) mass is 394 g/mol. The summed E-state index contributed by atoms with van der Waals surface area (Å²) in [4.78, 5) is 35.0. The van der Waals surface area contributed by atoms with E-state index in [4.69, 9.17) is 0 Å². The SMILES string of the molecule is Cc1ccc(NC(=O)C(CC2CCCCC2)n2cnc3c(cnn3C)c2=O)nc1. The lowest BCUT2D eigenvalue weighted by Gasteiger charge is -2.27. The second-order valence-electron chi connectivity index (χ2n) is 7.93. The molecule has 1 aliphatic rings. The van der Waals surface area contributed by atoms with E-state index < -0.39 is 6.04 Å². The van der Waals surface area contributed by atoms with Crippen LogP contribution in [0.5, 0.6) is 0 Å². The van der Waals surface area contributed by atoms with Crippen molar-refractivity contribution in [3.05, 3.63) is 46.8 Å². The number of anilines is 1. The van der Waals surface area contributed by atoms with Gasteiger partial charge >= 0.3 is 0 Å². The number of amides is 1. The van der Waals surface area contributed by atoms with Crippen molar-refractivity contribution in [2.75, 3.05) is 5.32 Å². The maximum atomic E-state index is 13.2. The van der Waals surface area contributed by atoms with E-state index in [-0.39, 0.29) is 11.5 Å². The van der Waals surface area contributed by atoms with Crippen LogP contribution >= 0.6 is 0 Å². The summed E-state index contributed by atoms with van der Waals surface area (Å²) in [5.74, 6) is 0.666. The van der Waals surface area contributed by atoms with Crippen molar-refractivity contribution in [2.45, 2.75) is 51.5 Å². The zero-order valence-electron chi connectivity index (χ0n) is 16.8.